The fourth-order valence-electron chi connectivity index (χ4n) is 0.644. The SMILES string of the molecule is CC(C)=Cc1cn[c]cn1. The average Bonchev–Trinajstić information content (AvgIpc) is 1.88. The zero-order valence-electron chi connectivity index (χ0n) is 6.13. The lowest BCUT2D eigenvalue weighted by molar-refractivity contribution is 1.16. The van der Waals surface area contributed by atoms with Crippen molar-refractivity contribution < 1.29 is 0 Å². The molecule has 1 radical (unpaired) electrons. The van der Waals surface area contributed by atoms with Crippen molar-refractivity contribution in [1.29, 1.82) is 0 Å². The first-order valence-corrected chi connectivity index (χ1v) is 3.12. The monoisotopic (exact) mass is 133 g/mol. The third-order valence-corrected chi connectivity index (χ3v) is 0.979. The van der Waals surface area contributed by atoms with Gasteiger partial charge in [-0.15, -0.1) is 0 Å². The summed E-state index contributed by atoms with van der Waals surface area (Å²) in [6, 6.07) is 0. The van der Waals surface area contributed by atoms with Gasteiger partial charge >= 0.3 is 0 Å². The van der Waals surface area contributed by atoms with Crippen LogP contribution >= 0.6 is 0 Å². The molecule has 0 spiro atoms. The molecule has 0 unspecified atom stereocenters. The summed E-state index contributed by atoms with van der Waals surface area (Å²) < 4.78 is 0. The molecule has 1 aromatic heterocycles. The Balaban J connectivity index is 2.87. The number of allylic oxidation sites excluding steroid dienone is 1. The summed E-state index contributed by atoms with van der Waals surface area (Å²) in [5.74, 6) is 0. The quantitative estimate of drug-likeness (QED) is 0.582. The van der Waals surface area contributed by atoms with Crippen LogP contribution in [0.25, 0.3) is 6.08 Å². The van der Waals surface area contributed by atoms with Gasteiger partial charge in [-0.3, -0.25) is 9.97 Å². The molecule has 2 nitrogen and oxygen atoms in total. The zero-order chi connectivity index (χ0) is 7.40. The second-order valence-corrected chi connectivity index (χ2v) is 2.29. The Kier molecular flexibility index (Phi) is 2.15. The molecule has 1 aromatic rings. The predicted octanol–water partition coefficient (Wildman–Crippen LogP) is 1.70. The molecule has 0 amide bonds. The van der Waals surface area contributed by atoms with Crippen LogP contribution in [-0.4, -0.2) is 9.97 Å². The molecule has 0 bridgehead atoms. The Hall–Kier alpha value is -1.18. The van der Waals surface area contributed by atoms with Crippen LogP contribution in [0.5, 0.6) is 0 Å². The van der Waals surface area contributed by atoms with E-state index in [4.69, 9.17) is 0 Å². The first-order valence-electron chi connectivity index (χ1n) is 3.12. The molecule has 2 heteroatoms. The van der Waals surface area contributed by atoms with Gasteiger partial charge in [-0.1, -0.05) is 5.57 Å². The molecule has 1 rings (SSSR count). The minimum absolute atomic E-state index is 0.888. The van der Waals surface area contributed by atoms with Crippen molar-refractivity contribution in [2.75, 3.05) is 0 Å². The number of hydrogen-bond donors (Lipinski definition) is 0. The highest BCUT2D eigenvalue weighted by molar-refractivity contribution is 5.45. The molecule has 0 aromatic carbocycles. The maximum atomic E-state index is 4.02. The Morgan fingerprint density at radius 2 is 2.40 bits per heavy atom. The molecule has 0 N–H and O–H groups in total. The van der Waals surface area contributed by atoms with Crippen LogP contribution in [0.4, 0.5) is 0 Å². The van der Waals surface area contributed by atoms with E-state index in [1.54, 1.807) is 12.4 Å². The topological polar surface area (TPSA) is 25.8 Å². The summed E-state index contributed by atoms with van der Waals surface area (Å²) >= 11 is 0. The summed E-state index contributed by atoms with van der Waals surface area (Å²) in [5.41, 5.74) is 2.11. The molecular formula is C8H9N2. The van der Waals surface area contributed by atoms with E-state index in [0.717, 1.165) is 5.69 Å². The van der Waals surface area contributed by atoms with Crippen LogP contribution in [-0.2, 0) is 0 Å². The van der Waals surface area contributed by atoms with Gasteiger partial charge in [0.25, 0.3) is 0 Å². The van der Waals surface area contributed by atoms with Gasteiger partial charge in [0.05, 0.1) is 18.1 Å². The highest BCUT2D eigenvalue weighted by Crippen LogP contribution is 1.98. The molecule has 0 aliphatic heterocycles. The summed E-state index contributed by atoms with van der Waals surface area (Å²) in [5, 5.41) is 0. The van der Waals surface area contributed by atoms with Crippen molar-refractivity contribution in [2.24, 2.45) is 0 Å². The second-order valence-electron chi connectivity index (χ2n) is 2.29. The van der Waals surface area contributed by atoms with Gasteiger partial charge in [-0.05, 0) is 19.9 Å². The molecule has 0 saturated heterocycles. The Morgan fingerprint density at radius 3 is 2.90 bits per heavy atom. The van der Waals surface area contributed by atoms with E-state index in [0.29, 0.717) is 0 Å². The second kappa shape index (κ2) is 3.11. The van der Waals surface area contributed by atoms with Crippen LogP contribution in [0.2, 0.25) is 0 Å². The number of rotatable bonds is 1. The van der Waals surface area contributed by atoms with Crippen molar-refractivity contribution >= 4 is 6.08 Å². The maximum Gasteiger partial charge on any atom is 0.109 e. The third-order valence-electron chi connectivity index (χ3n) is 0.979. The lowest BCUT2D eigenvalue weighted by atomic mass is 10.3. The van der Waals surface area contributed by atoms with Crippen molar-refractivity contribution in [1.82, 2.24) is 9.97 Å². The van der Waals surface area contributed by atoms with Crippen molar-refractivity contribution in [3.63, 3.8) is 0 Å². The fraction of sp³-hybridized carbons (Fsp3) is 0.250. The van der Waals surface area contributed by atoms with E-state index in [1.165, 1.54) is 5.57 Å². The lowest BCUT2D eigenvalue weighted by Gasteiger charge is -1.89. The van der Waals surface area contributed by atoms with Gasteiger partial charge in [0.2, 0.25) is 0 Å². The van der Waals surface area contributed by atoms with Crippen LogP contribution in [0, 0.1) is 6.20 Å². The van der Waals surface area contributed by atoms with Gasteiger partial charge in [0.1, 0.15) is 6.20 Å². The van der Waals surface area contributed by atoms with Crippen molar-refractivity contribution in [3.8, 4) is 0 Å². The van der Waals surface area contributed by atoms with Gasteiger partial charge < -0.3 is 0 Å². The normalized spacial score (nSPS) is 9.00. The minimum Gasteiger partial charge on any atom is -0.253 e. The lowest BCUT2D eigenvalue weighted by Crippen LogP contribution is -1.81. The van der Waals surface area contributed by atoms with Crippen molar-refractivity contribution in [2.45, 2.75) is 13.8 Å². The molecule has 51 valence electrons. The summed E-state index contributed by atoms with van der Waals surface area (Å²) in [6.45, 7) is 4.05. The molecule has 0 saturated carbocycles. The van der Waals surface area contributed by atoms with E-state index >= 15 is 0 Å². The van der Waals surface area contributed by atoms with Crippen LogP contribution in [0.3, 0.4) is 0 Å². The summed E-state index contributed by atoms with van der Waals surface area (Å²) in [7, 11) is 0. The predicted molar refractivity (Wildman–Crippen MR) is 40.2 cm³/mol. The number of aromatic nitrogens is 2. The fourth-order valence-corrected chi connectivity index (χ4v) is 0.644. The highest BCUT2D eigenvalue weighted by Gasteiger charge is 1.85. The first kappa shape index (κ1) is 6.93. The molecular weight excluding hydrogens is 124 g/mol. The molecule has 10 heavy (non-hydrogen) atoms. The number of nitrogens with zero attached hydrogens (tertiary/aromatic N) is 2. The van der Waals surface area contributed by atoms with E-state index < -0.39 is 0 Å². The summed E-state index contributed by atoms with van der Waals surface area (Å²) in [6.07, 6.45) is 7.84. The Morgan fingerprint density at radius 1 is 1.60 bits per heavy atom. The largest absolute Gasteiger partial charge is 0.253 e. The van der Waals surface area contributed by atoms with Gasteiger partial charge in [-0.25, -0.2) is 0 Å². The van der Waals surface area contributed by atoms with E-state index in [-0.39, 0.29) is 0 Å². The van der Waals surface area contributed by atoms with Crippen LogP contribution in [0.15, 0.2) is 18.0 Å². The van der Waals surface area contributed by atoms with E-state index in [1.807, 2.05) is 19.9 Å². The molecule has 0 aliphatic rings. The first-order chi connectivity index (χ1) is 4.79. The molecule has 0 aliphatic carbocycles. The van der Waals surface area contributed by atoms with Crippen LogP contribution in [0.1, 0.15) is 19.5 Å². The zero-order valence-corrected chi connectivity index (χ0v) is 6.13. The van der Waals surface area contributed by atoms with E-state index in [9.17, 15) is 0 Å². The minimum atomic E-state index is 0.888. The van der Waals surface area contributed by atoms with Gasteiger partial charge in [-0.2, -0.15) is 0 Å². The number of hydrogen-bond acceptors (Lipinski definition) is 2. The van der Waals surface area contributed by atoms with Crippen LogP contribution < -0.4 is 0 Å². The molecule has 1 heterocycles. The molecule has 0 fully saturated rings. The van der Waals surface area contributed by atoms with Crippen molar-refractivity contribution in [3.05, 3.63) is 29.9 Å². The Bertz CT molecular complexity index is 222. The standard InChI is InChI=1S/C8H9N2/c1-7(2)5-8-6-9-3-4-10-8/h4-6H,1-2H3. The Labute approximate surface area is 60.6 Å². The average molecular weight is 133 g/mol. The van der Waals surface area contributed by atoms with Gasteiger partial charge in [0.15, 0.2) is 0 Å². The van der Waals surface area contributed by atoms with Gasteiger partial charge in [0, 0.05) is 0 Å². The molecule has 0 atom stereocenters. The van der Waals surface area contributed by atoms with E-state index in [2.05, 4.69) is 16.2 Å². The third kappa shape index (κ3) is 1.97. The smallest absolute Gasteiger partial charge is 0.109 e. The highest BCUT2D eigenvalue weighted by atomic mass is 14.8. The maximum absolute atomic E-state index is 4.02. The summed E-state index contributed by atoms with van der Waals surface area (Å²) in [4.78, 5) is 7.83.